The molecule has 2 N–H and O–H groups in total. The predicted octanol–water partition coefficient (Wildman–Crippen LogP) is -1.31. The zero-order valence-corrected chi connectivity index (χ0v) is 5.50. The second-order valence-corrected chi connectivity index (χ2v) is 1.92. The summed E-state index contributed by atoms with van der Waals surface area (Å²) in [5.74, 6) is -0.744. The Morgan fingerprint density at radius 2 is 2.40 bits per heavy atom. The number of amides is 2. The molecule has 0 aliphatic carbocycles. The largest absolute Gasteiger partial charge is 0.369 e. The Kier molecular flexibility index (Phi) is 1.41. The van der Waals surface area contributed by atoms with Crippen molar-refractivity contribution in [3.8, 4) is 0 Å². The van der Waals surface area contributed by atoms with E-state index in [9.17, 15) is 9.59 Å². The van der Waals surface area contributed by atoms with Crippen LogP contribution in [0, 0.1) is 0 Å². The third kappa shape index (κ3) is 0.854. The highest BCUT2D eigenvalue weighted by Gasteiger charge is 2.26. The maximum Gasteiger partial charge on any atom is 0.257 e. The highest BCUT2D eigenvalue weighted by Crippen LogP contribution is 1.98. The lowest BCUT2D eigenvalue weighted by atomic mass is 10.5. The summed E-state index contributed by atoms with van der Waals surface area (Å²) in [4.78, 5) is 25.8. The molecule has 54 valence electrons. The van der Waals surface area contributed by atoms with Crippen molar-refractivity contribution in [1.29, 1.82) is 0 Å². The summed E-state index contributed by atoms with van der Waals surface area (Å²) < 4.78 is 0. The molecule has 1 heterocycles. The van der Waals surface area contributed by atoms with Crippen molar-refractivity contribution < 1.29 is 9.59 Å². The summed E-state index contributed by atoms with van der Waals surface area (Å²) in [5, 5.41) is 0. The van der Waals surface area contributed by atoms with Crippen molar-refractivity contribution in [2.75, 3.05) is 6.54 Å². The van der Waals surface area contributed by atoms with Gasteiger partial charge in [0, 0.05) is 6.92 Å². The second kappa shape index (κ2) is 2.09. The first-order valence-corrected chi connectivity index (χ1v) is 2.76. The van der Waals surface area contributed by atoms with E-state index in [0.29, 0.717) is 0 Å². The van der Waals surface area contributed by atoms with Gasteiger partial charge in [-0.3, -0.25) is 9.59 Å². The molecule has 5 nitrogen and oxygen atoms in total. The number of carbonyl (C=O) groups excluding carboxylic acids is 2. The fourth-order valence-corrected chi connectivity index (χ4v) is 0.755. The van der Waals surface area contributed by atoms with Gasteiger partial charge in [0.05, 0.1) is 0 Å². The first-order valence-electron chi connectivity index (χ1n) is 2.76. The minimum absolute atomic E-state index is 0.00231. The van der Waals surface area contributed by atoms with E-state index in [2.05, 4.69) is 4.99 Å². The Balaban J connectivity index is 2.84. The van der Waals surface area contributed by atoms with Crippen LogP contribution in [-0.2, 0) is 9.59 Å². The number of imide groups is 1. The molecular weight excluding hydrogens is 134 g/mol. The van der Waals surface area contributed by atoms with Crippen LogP contribution >= 0.6 is 0 Å². The number of rotatable bonds is 0. The Bertz CT molecular complexity index is 221. The highest BCUT2D eigenvalue weighted by atomic mass is 16.2. The highest BCUT2D eigenvalue weighted by molar-refractivity contribution is 6.14. The van der Waals surface area contributed by atoms with Crippen LogP contribution in [0.3, 0.4) is 0 Å². The predicted molar refractivity (Wildman–Crippen MR) is 34.0 cm³/mol. The van der Waals surface area contributed by atoms with Gasteiger partial charge in [0.15, 0.2) is 0 Å². The number of aliphatic imine (C=N–C) groups is 1. The summed E-state index contributed by atoms with van der Waals surface area (Å²) in [7, 11) is 0. The Morgan fingerprint density at radius 1 is 1.80 bits per heavy atom. The van der Waals surface area contributed by atoms with E-state index in [1.54, 1.807) is 0 Å². The van der Waals surface area contributed by atoms with Gasteiger partial charge in [-0.1, -0.05) is 0 Å². The van der Waals surface area contributed by atoms with E-state index < -0.39 is 0 Å². The first kappa shape index (κ1) is 6.73. The van der Waals surface area contributed by atoms with Gasteiger partial charge in [0.1, 0.15) is 6.54 Å². The summed E-state index contributed by atoms with van der Waals surface area (Å²) in [6.45, 7) is 1.26. The quantitative estimate of drug-likeness (QED) is 0.455. The summed E-state index contributed by atoms with van der Waals surface area (Å²) in [6.07, 6.45) is 0. The van der Waals surface area contributed by atoms with Crippen molar-refractivity contribution in [1.82, 2.24) is 4.90 Å². The van der Waals surface area contributed by atoms with E-state index in [-0.39, 0.29) is 24.3 Å². The molecule has 0 aromatic heterocycles. The van der Waals surface area contributed by atoms with Crippen LogP contribution in [-0.4, -0.2) is 29.2 Å². The number of hydrogen-bond acceptors (Lipinski definition) is 4. The van der Waals surface area contributed by atoms with Crippen LogP contribution in [0.2, 0.25) is 0 Å². The molecule has 2 amide bonds. The van der Waals surface area contributed by atoms with E-state index >= 15 is 0 Å². The number of nitrogens with zero attached hydrogens (tertiary/aromatic N) is 2. The van der Waals surface area contributed by atoms with Crippen molar-refractivity contribution in [2.24, 2.45) is 10.7 Å². The molecule has 0 saturated carbocycles. The first-order chi connectivity index (χ1) is 4.63. The van der Waals surface area contributed by atoms with Crippen molar-refractivity contribution in [2.45, 2.75) is 6.92 Å². The Morgan fingerprint density at radius 3 is 2.60 bits per heavy atom. The van der Waals surface area contributed by atoms with Gasteiger partial charge in [-0.25, -0.2) is 9.89 Å². The normalized spacial score (nSPS) is 17.5. The molecule has 1 aliphatic heterocycles. The zero-order valence-electron chi connectivity index (χ0n) is 5.50. The van der Waals surface area contributed by atoms with Crippen molar-refractivity contribution in [3.05, 3.63) is 0 Å². The maximum atomic E-state index is 10.7. The smallest absolute Gasteiger partial charge is 0.257 e. The molecule has 0 unspecified atom stereocenters. The molecule has 1 rings (SSSR count). The molecule has 1 aliphatic rings. The molecular formula is C5H7N3O2. The van der Waals surface area contributed by atoms with Gasteiger partial charge in [-0.15, -0.1) is 0 Å². The van der Waals surface area contributed by atoms with Crippen LogP contribution in [0.1, 0.15) is 6.92 Å². The van der Waals surface area contributed by atoms with Crippen LogP contribution in [0.15, 0.2) is 4.99 Å². The van der Waals surface area contributed by atoms with Crippen molar-refractivity contribution in [3.63, 3.8) is 0 Å². The fraction of sp³-hybridized carbons (Fsp3) is 0.400. The van der Waals surface area contributed by atoms with Crippen LogP contribution in [0.4, 0.5) is 0 Å². The SMILES string of the molecule is CC(=O)N1C(=O)CN=C1N. The molecule has 0 atom stereocenters. The fourth-order valence-electron chi connectivity index (χ4n) is 0.755. The Hall–Kier alpha value is -1.39. The van der Waals surface area contributed by atoms with Gasteiger partial charge in [-0.05, 0) is 0 Å². The van der Waals surface area contributed by atoms with Gasteiger partial charge in [-0.2, -0.15) is 0 Å². The van der Waals surface area contributed by atoms with Crippen LogP contribution in [0.5, 0.6) is 0 Å². The molecule has 0 spiro atoms. The number of guanidine groups is 1. The number of nitrogens with two attached hydrogens (primary N) is 1. The average Bonchev–Trinajstić information content (AvgIpc) is 2.11. The third-order valence-corrected chi connectivity index (χ3v) is 1.17. The second-order valence-electron chi connectivity index (χ2n) is 1.92. The zero-order chi connectivity index (χ0) is 7.72. The van der Waals surface area contributed by atoms with E-state index in [1.165, 1.54) is 6.92 Å². The molecule has 5 heteroatoms. The molecule has 0 saturated heterocycles. The molecule has 10 heavy (non-hydrogen) atoms. The van der Waals surface area contributed by atoms with Gasteiger partial charge < -0.3 is 5.73 Å². The molecule has 0 aromatic rings. The number of hydrogen-bond donors (Lipinski definition) is 1. The lowest BCUT2D eigenvalue weighted by molar-refractivity contribution is -0.136. The van der Waals surface area contributed by atoms with Crippen molar-refractivity contribution >= 4 is 17.8 Å². The van der Waals surface area contributed by atoms with Crippen LogP contribution in [0.25, 0.3) is 0 Å². The Labute approximate surface area is 57.5 Å². The minimum atomic E-state index is -0.385. The topological polar surface area (TPSA) is 75.8 Å². The monoisotopic (exact) mass is 141 g/mol. The molecule has 0 radical (unpaired) electrons. The molecule has 0 bridgehead atoms. The molecule has 0 aromatic carbocycles. The minimum Gasteiger partial charge on any atom is -0.369 e. The average molecular weight is 141 g/mol. The third-order valence-electron chi connectivity index (χ3n) is 1.17. The lowest BCUT2D eigenvalue weighted by Crippen LogP contribution is -2.40. The van der Waals surface area contributed by atoms with Gasteiger partial charge >= 0.3 is 0 Å². The maximum absolute atomic E-state index is 10.7. The van der Waals surface area contributed by atoms with Crippen LogP contribution < -0.4 is 5.73 Å². The standard InChI is InChI=1S/C5H7N3O2/c1-3(9)8-4(10)2-7-5(8)6/h2H2,1H3,(H2,6,7). The van der Waals surface area contributed by atoms with E-state index in [4.69, 9.17) is 5.73 Å². The van der Waals surface area contributed by atoms with E-state index in [1.807, 2.05) is 0 Å². The summed E-state index contributed by atoms with van der Waals surface area (Å²) in [5.41, 5.74) is 5.20. The van der Waals surface area contributed by atoms with Gasteiger partial charge in [0.25, 0.3) is 5.91 Å². The summed E-state index contributed by atoms with van der Waals surface area (Å²) in [6, 6.07) is 0. The lowest BCUT2D eigenvalue weighted by Gasteiger charge is -2.08. The summed E-state index contributed by atoms with van der Waals surface area (Å²) >= 11 is 0. The molecule has 0 fully saturated rings. The van der Waals surface area contributed by atoms with Gasteiger partial charge in [0.2, 0.25) is 11.9 Å². The van der Waals surface area contributed by atoms with E-state index in [0.717, 1.165) is 4.90 Å². The number of carbonyl (C=O) groups is 2.